The predicted molar refractivity (Wildman–Crippen MR) is 89.7 cm³/mol. The third-order valence-corrected chi connectivity index (χ3v) is 4.58. The molecule has 1 fully saturated rings. The lowest BCUT2D eigenvalue weighted by Crippen LogP contribution is -2.43. The van der Waals surface area contributed by atoms with Gasteiger partial charge in [-0.2, -0.15) is 0 Å². The summed E-state index contributed by atoms with van der Waals surface area (Å²) >= 11 is 6.18. The summed E-state index contributed by atoms with van der Waals surface area (Å²) in [6.45, 7) is 3.88. The lowest BCUT2D eigenvalue weighted by atomic mass is 10.1. The molecule has 6 nitrogen and oxygen atoms in total. The Morgan fingerprint density at radius 3 is 2.54 bits per heavy atom. The summed E-state index contributed by atoms with van der Waals surface area (Å²) in [7, 11) is 1.52. The van der Waals surface area contributed by atoms with Gasteiger partial charge >= 0.3 is 0 Å². The van der Waals surface area contributed by atoms with E-state index >= 15 is 0 Å². The van der Waals surface area contributed by atoms with E-state index in [0.717, 1.165) is 13.1 Å². The Kier molecular flexibility index (Phi) is 5.18. The van der Waals surface area contributed by atoms with Crippen LogP contribution in [-0.4, -0.2) is 68.1 Å². The zero-order chi connectivity index (χ0) is 17.1. The van der Waals surface area contributed by atoms with Gasteiger partial charge in [-0.3, -0.25) is 19.4 Å². The minimum atomic E-state index is -0.448. The second-order valence-electron chi connectivity index (χ2n) is 5.61. The molecule has 1 aromatic carbocycles. The number of hydrogen-bond acceptors (Lipinski definition) is 5. The fourth-order valence-electron chi connectivity index (χ4n) is 2.90. The van der Waals surface area contributed by atoms with Gasteiger partial charge in [-0.1, -0.05) is 29.8 Å². The Morgan fingerprint density at radius 1 is 1.12 bits per heavy atom. The van der Waals surface area contributed by atoms with Crippen LogP contribution in [0.1, 0.15) is 5.56 Å². The Hall–Kier alpha value is -1.89. The topological polar surface area (TPSA) is 59.1 Å². The first-order valence-electron chi connectivity index (χ1n) is 7.83. The second-order valence-corrected chi connectivity index (χ2v) is 5.98. The van der Waals surface area contributed by atoms with E-state index in [1.807, 2.05) is 0 Å². The van der Waals surface area contributed by atoms with E-state index < -0.39 is 5.91 Å². The van der Waals surface area contributed by atoms with Crippen molar-refractivity contribution in [1.29, 1.82) is 0 Å². The Labute approximate surface area is 145 Å². The molecule has 3 rings (SSSR count). The quantitative estimate of drug-likeness (QED) is 0.750. The number of ether oxygens (including phenoxy) is 2. The van der Waals surface area contributed by atoms with E-state index in [4.69, 9.17) is 21.1 Å². The average molecular weight is 351 g/mol. The monoisotopic (exact) mass is 350 g/mol. The molecule has 1 aromatic rings. The predicted octanol–water partition coefficient (Wildman–Crippen LogP) is 1.35. The molecule has 2 heterocycles. The highest BCUT2D eigenvalue weighted by Crippen LogP contribution is 2.36. The number of carbonyl (C=O) groups is 2. The van der Waals surface area contributed by atoms with E-state index in [0.29, 0.717) is 37.6 Å². The molecule has 0 bridgehead atoms. The molecular weight excluding hydrogens is 332 g/mol. The van der Waals surface area contributed by atoms with E-state index in [9.17, 15) is 9.59 Å². The number of halogens is 1. The lowest BCUT2D eigenvalue weighted by Gasteiger charge is -2.28. The van der Waals surface area contributed by atoms with Crippen LogP contribution in [0.3, 0.4) is 0 Å². The van der Waals surface area contributed by atoms with E-state index in [-0.39, 0.29) is 16.5 Å². The summed E-state index contributed by atoms with van der Waals surface area (Å²) in [5.41, 5.74) is 0.748. The van der Waals surface area contributed by atoms with Crippen LogP contribution in [-0.2, 0) is 14.3 Å². The molecule has 0 unspecified atom stereocenters. The van der Waals surface area contributed by atoms with Crippen molar-refractivity contribution in [1.82, 2.24) is 9.80 Å². The maximum absolute atomic E-state index is 12.7. The number of methoxy groups -OCH3 is 1. The molecule has 1 saturated heterocycles. The number of amides is 2. The highest BCUT2D eigenvalue weighted by Gasteiger charge is 2.39. The molecule has 128 valence electrons. The number of benzene rings is 1. The van der Waals surface area contributed by atoms with Crippen LogP contribution in [0.15, 0.2) is 29.3 Å². The van der Waals surface area contributed by atoms with Crippen molar-refractivity contribution in [2.24, 2.45) is 0 Å². The number of rotatable bonds is 5. The average Bonchev–Trinajstić information content (AvgIpc) is 2.83. The van der Waals surface area contributed by atoms with Gasteiger partial charge in [0.05, 0.1) is 25.9 Å². The molecule has 2 aliphatic heterocycles. The molecule has 0 spiro atoms. The Morgan fingerprint density at radius 2 is 1.83 bits per heavy atom. The second kappa shape index (κ2) is 7.34. The zero-order valence-electron chi connectivity index (χ0n) is 13.5. The van der Waals surface area contributed by atoms with Crippen molar-refractivity contribution in [2.75, 3.05) is 46.5 Å². The number of nitrogens with zero attached hydrogens (tertiary/aromatic N) is 2. The van der Waals surface area contributed by atoms with Gasteiger partial charge in [-0.25, -0.2) is 0 Å². The summed E-state index contributed by atoms with van der Waals surface area (Å²) in [4.78, 5) is 28.5. The highest BCUT2D eigenvalue weighted by atomic mass is 35.5. The molecule has 0 N–H and O–H groups in total. The Balaban J connectivity index is 1.77. The highest BCUT2D eigenvalue weighted by molar-refractivity contribution is 6.55. The first-order valence-corrected chi connectivity index (χ1v) is 8.20. The number of morpholine rings is 1. The lowest BCUT2D eigenvalue weighted by molar-refractivity contribution is -0.136. The Bertz CT molecular complexity index is 683. The van der Waals surface area contributed by atoms with Crippen LogP contribution >= 0.6 is 11.6 Å². The zero-order valence-corrected chi connectivity index (χ0v) is 14.2. The molecule has 0 radical (unpaired) electrons. The molecule has 0 aliphatic carbocycles. The van der Waals surface area contributed by atoms with Crippen LogP contribution in [0.2, 0.25) is 0 Å². The summed E-state index contributed by atoms with van der Waals surface area (Å²) < 4.78 is 10.6. The molecular formula is C17H19ClN2O4. The van der Waals surface area contributed by atoms with Crippen LogP contribution in [0.5, 0.6) is 5.75 Å². The van der Waals surface area contributed by atoms with Crippen molar-refractivity contribution >= 4 is 29.0 Å². The summed E-state index contributed by atoms with van der Waals surface area (Å²) in [5.74, 6) is -0.305. The van der Waals surface area contributed by atoms with Crippen molar-refractivity contribution in [3.63, 3.8) is 0 Å². The standard InChI is InChI=1S/C17H19ClN2O4/c1-23-13-5-3-2-4-12(13)14-15(18)17(22)20(16(14)21)7-6-19-8-10-24-11-9-19/h2-5H,6-11H2,1H3. The number of hydrogen-bond donors (Lipinski definition) is 0. The third-order valence-electron chi connectivity index (χ3n) is 4.23. The van der Waals surface area contributed by atoms with Gasteiger partial charge in [0.25, 0.3) is 11.8 Å². The molecule has 7 heteroatoms. The van der Waals surface area contributed by atoms with Gasteiger partial charge in [0.1, 0.15) is 10.8 Å². The smallest absolute Gasteiger partial charge is 0.273 e. The number of para-hydroxylation sites is 1. The van der Waals surface area contributed by atoms with E-state index in [2.05, 4.69) is 4.90 Å². The van der Waals surface area contributed by atoms with Crippen LogP contribution in [0, 0.1) is 0 Å². The molecule has 2 amide bonds. The first-order chi connectivity index (χ1) is 11.6. The van der Waals surface area contributed by atoms with Crippen molar-refractivity contribution in [3.05, 3.63) is 34.9 Å². The van der Waals surface area contributed by atoms with Crippen LogP contribution < -0.4 is 4.74 Å². The maximum Gasteiger partial charge on any atom is 0.273 e. The third kappa shape index (κ3) is 3.17. The van der Waals surface area contributed by atoms with Crippen molar-refractivity contribution in [2.45, 2.75) is 0 Å². The summed E-state index contributed by atoms with van der Waals surface area (Å²) in [5, 5.41) is -0.0496. The minimum absolute atomic E-state index is 0.0496. The largest absolute Gasteiger partial charge is 0.496 e. The number of imide groups is 1. The van der Waals surface area contributed by atoms with Gasteiger partial charge in [0, 0.05) is 31.7 Å². The van der Waals surface area contributed by atoms with Crippen LogP contribution in [0.25, 0.3) is 5.57 Å². The van der Waals surface area contributed by atoms with Gasteiger partial charge in [0.15, 0.2) is 0 Å². The summed E-state index contributed by atoms with van der Waals surface area (Å²) in [6, 6.07) is 7.05. The van der Waals surface area contributed by atoms with Gasteiger partial charge in [-0.05, 0) is 6.07 Å². The fraction of sp³-hybridized carbons (Fsp3) is 0.412. The minimum Gasteiger partial charge on any atom is -0.496 e. The van der Waals surface area contributed by atoms with Crippen molar-refractivity contribution < 1.29 is 19.1 Å². The number of carbonyl (C=O) groups excluding carboxylic acids is 2. The normalized spacial score (nSPS) is 19.3. The summed E-state index contributed by atoms with van der Waals surface area (Å²) in [6.07, 6.45) is 0. The molecule has 0 saturated carbocycles. The van der Waals surface area contributed by atoms with Crippen LogP contribution in [0.4, 0.5) is 0 Å². The van der Waals surface area contributed by atoms with Crippen molar-refractivity contribution in [3.8, 4) is 5.75 Å². The molecule has 0 aromatic heterocycles. The fourth-order valence-corrected chi connectivity index (χ4v) is 3.19. The van der Waals surface area contributed by atoms with Gasteiger partial charge in [0.2, 0.25) is 0 Å². The molecule has 2 aliphatic rings. The molecule has 24 heavy (non-hydrogen) atoms. The van der Waals surface area contributed by atoms with Gasteiger partial charge in [-0.15, -0.1) is 0 Å². The van der Waals surface area contributed by atoms with Gasteiger partial charge < -0.3 is 9.47 Å². The SMILES string of the molecule is COc1ccccc1C1=C(Cl)C(=O)N(CCN2CCOCC2)C1=O. The maximum atomic E-state index is 12.7. The van der Waals surface area contributed by atoms with E-state index in [1.54, 1.807) is 24.3 Å². The first kappa shape index (κ1) is 17.0. The van der Waals surface area contributed by atoms with E-state index in [1.165, 1.54) is 12.0 Å². The molecule has 0 atom stereocenters.